The molecule has 3 amide bonds. The lowest BCUT2D eigenvalue weighted by molar-refractivity contribution is -0.384. The Morgan fingerprint density at radius 3 is 1.77 bits per heavy atom. The first-order valence-electron chi connectivity index (χ1n) is 9.21. The van der Waals surface area contributed by atoms with Crippen molar-refractivity contribution in [2.24, 2.45) is 0 Å². The highest BCUT2D eigenvalue weighted by Gasteiger charge is 2.12. The predicted octanol–water partition coefficient (Wildman–Crippen LogP) is 2.85. The van der Waals surface area contributed by atoms with E-state index in [-0.39, 0.29) is 29.1 Å². The number of nitro benzene ring substituents is 1. The monoisotopic (exact) mass is 418 g/mol. The van der Waals surface area contributed by atoms with E-state index in [0.29, 0.717) is 5.69 Å². The smallest absolute Gasteiger partial charge is 0.269 e. The van der Waals surface area contributed by atoms with Crippen molar-refractivity contribution < 1.29 is 19.3 Å². The maximum atomic E-state index is 12.2. The lowest BCUT2D eigenvalue weighted by Gasteiger charge is -2.09. The Balaban J connectivity index is 1.51. The van der Waals surface area contributed by atoms with E-state index < -0.39 is 16.7 Å². The molecule has 3 aromatic rings. The number of nitro groups is 1. The zero-order valence-corrected chi connectivity index (χ0v) is 16.2. The van der Waals surface area contributed by atoms with Gasteiger partial charge in [0.05, 0.1) is 11.3 Å². The molecule has 0 radical (unpaired) electrons. The molecule has 0 saturated carbocycles. The van der Waals surface area contributed by atoms with E-state index in [0.717, 1.165) is 5.56 Å². The second-order valence-electron chi connectivity index (χ2n) is 6.50. The number of hydrogen-bond acceptors (Lipinski definition) is 5. The maximum Gasteiger partial charge on any atom is 0.269 e. The van der Waals surface area contributed by atoms with E-state index in [1.807, 2.05) is 30.3 Å². The lowest BCUT2D eigenvalue weighted by Crippen LogP contribution is -2.41. The third-order valence-corrected chi connectivity index (χ3v) is 4.27. The van der Waals surface area contributed by atoms with Crippen LogP contribution >= 0.6 is 0 Å². The molecule has 0 bridgehead atoms. The van der Waals surface area contributed by atoms with Gasteiger partial charge >= 0.3 is 0 Å². The van der Waals surface area contributed by atoms with Crippen LogP contribution in [0.5, 0.6) is 0 Å². The van der Waals surface area contributed by atoms with Crippen molar-refractivity contribution in [1.29, 1.82) is 0 Å². The molecule has 0 atom stereocenters. The number of anilines is 1. The van der Waals surface area contributed by atoms with Gasteiger partial charge in [0, 0.05) is 28.9 Å². The minimum Gasteiger partial charge on any atom is -0.326 e. The van der Waals surface area contributed by atoms with Crippen molar-refractivity contribution in [2.75, 3.05) is 5.32 Å². The minimum absolute atomic E-state index is 0.142. The van der Waals surface area contributed by atoms with Crippen LogP contribution in [0, 0.1) is 10.1 Å². The molecule has 0 aliphatic rings. The van der Waals surface area contributed by atoms with Crippen molar-refractivity contribution in [3.63, 3.8) is 0 Å². The molecule has 9 nitrogen and oxygen atoms in total. The summed E-state index contributed by atoms with van der Waals surface area (Å²) in [4.78, 5) is 46.4. The SMILES string of the molecule is O=C(Cc1ccccc1)Nc1ccc(C(=O)NNC(=O)c2ccc([N+](=O)[O-])cc2)cc1. The van der Waals surface area contributed by atoms with Crippen molar-refractivity contribution in [2.45, 2.75) is 6.42 Å². The van der Waals surface area contributed by atoms with Crippen LogP contribution in [-0.4, -0.2) is 22.6 Å². The molecule has 0 aromatic heterocycles. The van der Waals surface area contributed by atoms with Crippen molar-refractivity contribution in [3.05, 3.63) is 106 Å². The van der Waals surface area contributed by atoms with Crippen LogP contribution in [0.3, 0.4) is 0 Å². The summed E-state index contributed by atoms with van der Waals surface area (Å²) in [7, 11) is 0. The van der Waals surface area contributed by atoms with Crippen LogP contribution in [0.15, 0.2) is 78.9 Å². The normalized spacial score (nSPS) is 10.1. The summed E-state index contributed by atoms with van der Waals surface area (Å²) < 4.78 is 0. The summed E-state index contributed by atoms with van der Waals surface area (Å²) >= 11 is 0. The molecule has 3 aromatic carbocycles. The third-order valence-electron chi connectivity index (χ3n) is 4.27. The number of benzene rings is 3. The van der Waals surface area contributed by atoms with Gasteiger partial charge in [-0.1, -0.05) is 30.3 Å². The number of hydrogen-bond donors (Lipinski definition) is 3. The van der Waals surface area contributed by atoms with E-state index in [4.69, 9.17) is 0 Å². The van der Waals surface area contributed by atoms with Crippen LogP contribution in [0.25, 0.3) is 0 Å². The molecule has 31 heavy (non-hydrogen) atoms. The first kappa shape index (κ1) is 21.2. The molecule has 0 spiro atoms. The fourth-order valence-electron chi connectivity index (χ4n) is 2.68. The highest BCUT2D eigenvalue weighted by atomic mass is 16.6. The zero-order chi connectivity index (χ0) is 22.2. The summed E-state index contributed by atoms with van der Waals surface area (Å²) in [6, 6.07) is 20.4. The molecule has 0 aliphatic heterocycles. The van der Waals surface area contributed by atoms with Gasteiger partial charge in [0.15, 0.2) is 0 Å². The van der Waals surface area contributed by atoms with Gasteiger partial charge in [-0.2, -0.15) is 0 Å². The Labute approximate surface area is 177 Å². The first-order chi connectivity index (χ1) is 14.9. The average Bonchev–Trinajstić information content (AvgIpc) is 2.78. The summed E-state index contributed by atoms with van der Waals surface area (Å²) in [6.07, 6.45) is 0.234. The Bertz CT molecular complexity index is 1100. The van der Waals surface area contributed by atoms with E-state index in [9.17, 15) is 24.5 Å². The van der Waals surface area contributed by atoms with Gasteiger partial charge in [-0.25, -0.2) is 0 Å². The van der Waals surface area contributed by atoms with Gasteiger partial charge in [0.25, 0.3) is 17.5 Å². The number of rotatable bonds is 6. The third kappa shape index (κ3) is 5.97. The van der Waals surface area contributed by atoms with Gasteiger partial charge in [-0.15, -0.1) is 0 Å². The van der Waals surface area contributed by atoms with Gasteiger partial charge in [0.1, 0.15) is 0 Å². The van der Waals surface area contributed by atoms with Gasteiger partial charge in [0.2, 0.25) is 5.91 Å². The molecule has 0 heterocycles. The maximum absolute atomic E-state index is 12.2. The zero-order valence-electron chi connectivity index (χ0n) is 16.2. The number of carbonyl (C=O) groups is 3. The van der Waals surface area contributed by atoms with E-state index in [2.05, 4.69) is 16.2 Å². The molecule has 0 fully saturated rings. The summed E-state index contributed by atoms with van der Waals surface area (Å²) in [6.45, 7) is 0. The molecule has 0 saturated heterocycles. The molecule has 0 unspecified atom stereocenters. The van der Waals surface area contributed by atoms with E-state index >= 15 is 0 Å². The molecule has 9 heteroatoms. The number of nitrogens with one attached hydrogen (secondary N) is 3. The van der Waals surface area contributed by atoms with Crippen molar-refractivity contribution in [3.8, 4) is 0 Å². The molecular weight excluding hydrogens is 400 g/mol. The van der Waals surface area contributed by atoms with E-state index in [1.165, 1.54) is 36.4 Å². The minimum atomic E-state index is -0.618. The van der Waals surface area contributed by atoms with Crippen molar-refractivity contribution in [1.82, 2.24) is 10.9 Å². The number of nitrogens with zero attached hydrogens (tertiary/aromatic N) is 1. The second kappa shape index (κ2) is 9.79. The average molecular weight is 418 g/mol. The number of hydrazine groups is 1. The summed E-state index contributed by atoms with van der Waals surface area (Å²) in [5.74, 6) is -1.36. The molecular formula is C22H18N4O5. The Morgan fingerprint density at radius 1 is 0.742 bits per heavy atom. The molecule has 0 aliphatic carbocycles. The first-order valence-corrected chi connectivity index (χ1v) is 9.21. The lowest BCUT2D eigenvalue weighted by atomic mass is 10.1. The van der Waals surface area contributed by atoms with Crippen LogP contribution < -0.4 is 16.2 Å². The van der Waals surface area contributed by atoms with Crippen LogP contribution in [0.1, 0.15) is 26.3 Å². The van der Waals surface area contributed by atoms with Gasteiger partial charge < -0.3 is 5.32 Å². The Kier molecular flexibility index (Phi) is 6.69. The predicted molar refractivity (Wildman–Crippen MR) is 113 cm³/mol. The number of amides is 3. The highest BCUT2D eigenvalue weighted by molar-refractivity contribution is 5.99. The molecule has 3 N–H and O–H groups in total. The largest absolute Gasteiger partial charge is 0.326 e. The second-order valence-corrected chi connectivity index (χ2v) is 6.50. The molecule has 3 rings (SSSR count). The summed E-state index contributed by atoms with van der Waals surface area (Å²) in [5.41, 5.74) is 6.21. The summed E-state index contributed by atoms with van der Waals surface area (Å²) in [5, 5.41) is 13.4. The number of non-ortho nitro benzene ring substituents is 1. The fraction of sp³-hybridized carbons (Fsp3) is 0.0455. The van der Waals surface area contributed by atoms with Crippen LogP contribution in [-0.2, 0) is 11.2 Å². The Morgan fingerprint density at radius 2 is 1.26 bits per heavy atom. The van der Waals surface area contributed by atoms with Crippen molar-refractivity contribution >= 4 is 29.1 Å². The van der Waals surface area contributed by atoms with Crippen LogP contribution in [0.4, 0.5) is 11.4 Å². The van der Waals surface area contributed by atoms with E-state index in [1.54, 1.807) is 12.1 Å². The van der Waals surface area contributed by atoms with Gasteiger partial charge in [-0.3, -0.25) is 35.3 Å². The highest BCUT2D eigenvalue weighted by Crippen LogP contribution is 2.12. The standard InChI is InChI=1S/C22H18N4O5/c27-20(14-15-4-2-1-3-5-15)23-18-10-6-16(7-11-18)21(28)24-25-22(29)17-8-12-19(13-9-17)26(30)31/h1-13H,14H2,(H,23,27)(H,24,28)(H,25,29). The van der Waals surface area contributed by atoms with Crippen LogP contribution in [0.2, 0.25) is 0 Å². The van der Waals surface area contributed by atoms with Gasteiger partial charge in [-0.05, 0) is 42.0 Å². The number of carbonyl (C=O) groups excluding carboxylic acids is 3. The quantitative estimate of drug-likeness (QED) is 0.419. The molecule has 156 valence electrons. The fourth-order valence-corrected chi connectivity index (χ4v) is 2.68. The Hall–Kier alpha value is -4.53. The topological polar surface area (TPSA) is 130 Å².